The summed E-state index contributed by atoms with van der Waals surface area (Å²) in [5.41, 5.74) is 5.66. The second kappa shape index (κ2) is 6.92. The number of rotatable bonds is 5. The first-order valence-electron chi connectivity index (χ1n) is 7.08. The first-order valence-corrected chi connectivity index (χ1v) is 7.08. The van der Waals surface area contributed by atoms with Crippen LogP contribution in [0.15, 0.2) is 12.3 Å². The number of aromatic nitrogens is 1. The summed E-state index contributed by atoms with van der Waals surface area (Å²) in [4.78, 5) is 28.8. The van der Waals surface area contributed by atoms with Gasteiger partial charge in [0.25, 0.3) is 0 Å². The maximum atomic E-state index is 12.0. The maximum Gasteiger partial charge on any atom is 0.337 e. The smallest absolute Gasteiger partial charge is 0.337 e. The Kier molecular flexibility index (Phi) is 4.97. The second-order valence-corrected chi connectivity index (χ2v) is 5.08. The van der Waals surface area contributed by atoms with Gasteiger partial charge in [-0.2, -0.15) is 0 Å². The molecule has 0 spiro atoms. The molecule has 1 amide bonds. The summed E-state index contributed by atoms with van der Waals surface area (Å²) in [5, 5.41) is 11.9. The molecule has 0 saturated carbocycles. The number of aromatic carboxylic acids is 1. The minimum absolute atomic E-state index is 0.00913. The van der Waals surface area contributed by atoms with Gasteiger partial charge >= 0.3 is 5.97 Å². The van der Waals surface area contributed by atoms with E-state index in [9.17, 15) is 9.59 Å². The van der Waals surface area contributed by atoms with Crippen LogP contribution in [0.1, 0.15) is 36.0 Å². The fourth-order valence-electron chi connectivity index (χ4n) is 2.35. The lowest BCUT2D eigenvalue weighted by atomic mass is 10.1. The second-order valence-electron chi connectivity index (χ2n) is 5.08. The van der Waals surface area contributed by atoms with Crippen LogP contribution in [0.2, 0.25) is 0 Å². The number of nitrogen functional groups attached to an aromatic ring is 1. The van der Waals surface area contributed by atoms with Crippen LogP contribution in [0.25, 0.3) is 0 Å². The van der Waals surface area contributed by atoms with Crippen molar-refractivity contribution in [1.82, 2.24) is 9.88 Å². The molecule has 1 aromatic rings. The van der Waals surface area contributed by atoms with E-state index in [2.05, 4.69) is 10.3 Å². The van der Waals surface area contributed by atoms with Crippen molar-refractivity contribution in [3.63, 3.8) is 0 Å². The van der Waals surface area contributed by atoms with E-state index in [1.165, 1.54) is 18.7 Å². The van der Waals surface area contributed by atoms with Gasteiger partial charge in [-0.15, -0.1) is 0 Å². The van der Waals surface area contributed by atoms with Gasteiger partial charge in [-0.25, -0.2) is 9.78 Å². The zero-order chi connectivity index (χ0) is 15.2. The summed E-state index contributed by atoms with van der Waals surface area (Å²) >= 11 is 0. The monoisotopic (exact) mass is 292 g/mol. The van der Waals surface area contributed by atoms with E-state index in [-0.39, 0.29) is 17.2 Å². The molecule has 7 heteroatoms. The molecule has 2 heterocycles. The Hall–Kier alpha value is -2.31. The van der Waals surface area contributed by atoms with Crippen LogP contribution in [0.3, 0.4) is 0 Å². The Morgan fingerprint density at radius 3 is 2.71 bits per heavy atom. The van der Waals surface area contributed by atoms with Crippen molar-refractivity contribution in [2.45, 2.75) is 25.7 Å². The molecule has 1 aromatic heterocycles. The number of hydrogen-bond acceptors (Lipinski definition) is 5. The van der Waals surface area contributed by atoms with Gasteiger partial charge in [-0.05, 0) is 25.3 Å². The molecule has 7 nitrogen and oxygen atoms in total. The van der Waals surface area contributed by atoms with Crippen LogP contribution >= 0.6 is 0 Å². The minimum atomic E-state index is -1.10. The molecule has 0 aliphatic carbocycles. The van der Waals surface area contributed by atoms with Crippen LogP contribution in [0, 0.1) is 0 Å². The number of hydrogen-bond donors (Lipinski definition) is 3. The molecule has 1 aliphatic rings. The summed E-state index contributed by atoms with van der Waals surface area (Å²) in [6.07, 6.45) is 5.00. The molecule has 1 fully saturated rings. The van der Waals surface area contributed by atoms with Crippen molar-refractivity contribution in [2.24, 2.45) is 0 Å². The van der Waals surface area contributed by atoms with Crippen molar-refractivity contribution < 1.29 is 14.7 Å². The number of carboxylic acids is 1. The molecule has 0 unspecified atom stereocenters. The van der Waals surface area contributed by atoms with Gasteiger partial charge in [0.05, 0.1) is 17.4 Å². The Balaban J connectivity index is 1.84. The predicted molar refractivity (Wildman–Crippen MR) is 79.1 cm³/mol. The first-order chi connectivity index (χ1) is 10.1. The maximum absolute atomic E-state index is 12.0. The van der Waals surface area contributed by atoms with Crippen LogP contribution in [-0.4, -0.2) is 46.5 Å². The fraction of sp³-hybridized carbons (Fsp3) is 0.500. The normalized spacial score (nSPS) is 14.8. The number of nitrogens with one attached hydrogen (secondary N) is 1. The number of carboxylic acid groups (broad SMARTS) is 1. The topological polar surface area (TPSA) is 109 Å². The molecule has 0 radical (unpaired) electrons. The van der Waals surface area contributed by atoms with Gasteiger partial charge in [0.15, 0.2) is 0 Å². The van der Waals surface area contributed by atoms with E-state index in [0.29, 0.717) is 18.8 Å². The molecule has 1 aliphatic heterocycles. The molecule has 0 bridgehead atoms. The van der Waals surface area contributed by atoms with Crippen molar-refractivity contribution in [2.75, 3.05) is 30.7 Å². The number of anilines is 2. The van der Waals surface area contributed by atoms with Crippen molar-refractivity contribution in [3.8, 4) is 0 Å². The number of nitrogens with two attached hydrogens (primary N) is 1. The molecule has 21 heavy (non-hydrogen) atoms. The Morgan fingerprint density at radius 2 is 2.05 bits per heavy atom. The highest BCUT2D eigenvalue weighted by atomic mass is 16.4. The lowest BCUT2D eigenvalue weighted by Gasteiger charge is -2.26. The van der Waals surface area contributed by atoms with E-state index in [4.69, 9.17) is 10.8 Å². The number of carbonyl (C=O) groups excluding carboxylic acids is 1. The summed E-state index contributed by atoms with van der Waals surface area (Å²) in [6, 6.07) is 1.38. The zero-order valence-corrected chi connectivity index (χ0v) is 11.8. The summed E-state index contributed by atoms with van der Waals surface area (Å²) in [5.74, 6) is -0.563. The third-order valence-corrected chi connectivity index (χ3v) is 3.52. The first kappa shape index (κ1) is 15.1. The average molecular weight is 292 g/mol. The highest BCUT2D eigenvalue weighted by molar-refractivity contribution is 5.94. The largest absolute Gasteiger partial charge is 0.478 e. The van der Waals surface area contributed by atoms with Gasteiger partial charge in [0.2, 0.25) is 5.91 Å². The highest BCUT2D eigenvalue weighted by Gasteiger charge is 2.16. The fourth-order valence-corrected chi connectivity index (χ4v) is 2.35. The molecule has 1 saturated heterocycles. The molecule has 0 atom stereocenters. The van der Waals surface area contributed by atoms with Crippen molar-refractivity contribution >= 4 is 23.4 Å². The van der Waals surface area contributed by atoms with Gasteiger partial charge in [0, 0.05) is 26.1 Å². The Labute approximate surface area is 123 Å². The van der Waals surface area contributed by atoms with Gasteiger partial charge in [-0.3, -0.25) is 4.79 Å². The number of amides is 1. The molecule has 2 rings (SSSR count). The average Bonchev–Trinajstić information content (AvgIpc) is 2.49. The quantitative estimate of drug-likeness (QED) is 0.752. The lowest BCUT2D eigenvalue weighted by molar-refractivity contribution is -0.131. The molecule has 0 aromatic carbocycles. The van der Waals surface area contributed by atoms with E-state index >= 15 is 0 Å². The predicted octanol–water partition coefficient (Wildman–Crippen LogP) is 1.18. The van der Waals surface area contributed by atoms with Crippen LogP contribution in [-0.2, 0) is 4.79 Å². The van der Waals surface area contributed by atoms with E-state index < -0.39 is 5.97 Å². The van der Waals surface area contributed by atoms with Crippen molar-refractivity contribution in [1.29, 1.82) is 0 Å². The van der Waals surface area contributed by atoms with Crippen molar-refractivity contribution in [3.05, 3.63) is 17.8 Å². The summed E-state index contributed by atoms with van der Waals surface area (Å²) in [7, 11) is 0. The minimum Gasteiger partial charge on any atom is -0.478 e. The van der Waals surface area contributed by atoms with Crippen LogP contribution < -0.4 is 11.1 Å². The molecular weight excluding hydrogens is 272 g/mol. The third kappa shape index (κ3) is 4.08. The van der Waals surface area contributed by atoms with Gasteiger partial charge in [0.1, 0.15) is 5.82 Å². The third-order valence-electron chi connectivity index (χ3n) is 3.52. The van der Waals surface area contributed by atoms with Gasteiger partial charge in [-0.1, -0.05) is 0 Å². The van der Waals surface area contributed by atoms with E-state index in [1.54, 1.807) is 0 Å². The Bertz CT molecular complexity index is 527. The van der Waals surface area contributed by atoms with Gasteiger partial charge < -0.3 is 21.1 Å². The molecular formula is C14H20N4O3. The SMILES string of the molecule is Nc1cnc(NCCC(=O)N2CCCCC2)cc1C(=O)O. The summed E-state index contributed by atoms with van der Waals surface area (Å²) in [6.45, 7) is 2.09. The highest BCUT2D eigenvalue weighted by Crippen LogP contribution is 2.15. The van der Waals surface area contributed by atoms with Crippen LogP contribution in [0.5, 0.6) is 0 Å². The lowest BCUT2D eigenvalue weighted by Crippen LogP contribution is -2.36. The zero-order valence-electron chi connectivity index (χ0n) is 11.8. The number of likely N-dealkylation sites (tertiary alicyclic amines) is 1. The number of carbonyl (C=O) groups is 2. The molecule has 114 valence electrons. The molecule has 4 N–H and O–H groups in total. The number of pyridine rings is 1. The van der Waals surface area contributed by atoms with E-state index in [1.807, 2.05) is 4.90 Å². The van der Waals surface area contributed by atoms with Crippen LogP contribution in [0.4, 0.5) is 11.5 Å². The Morgan fingerprint density at radius 1 is 1.33 bits per heavy atom. The standard InChI is InChI=1S/C14H20N4O3/c15-11-9-17-12(8-10(11)14(20)21)16-5-4-13(19)18-6-2-1-3-7-18/h8-9H,1-7,15H2,(H,16,17)(H,20,21). The number of piperidine rings is 1. The number of nitrogens with zero attached hydrogens (tertiary/aromatic N) is 2. The summed E-state index contributed by atoms with van der Waals surface area (Å²) < 4.78 is 0. The van der Waals surface area contributed by atoms with E-state index in [0.717, 1.165) is 25.9 Å².